The lowest BCUT2D eigenvalue weighted by Gasteiger charge is -2.28. The normalized spacial score (nSPS) is 11.3. The second-order valence-corrected chi connectivity index (χ2v) is 12.1. The van der Waals surface area contributed by atoms with E-state index in [1.807, 2.05) is 0 Å². The van der Waals surface area contributed by atoms with E-state index in [4.69, 9.17) is 4.42 Å². The van der Waals surface area contributed by atoms with Crippen molar-refractivity contribution in [3.05, 3.63) is 188 Å². The lowest BCUT2D eigenvalue weighted by Crippen LogP contribution is -2.11. The molecule has 0 fully saturated rings. The van der Waals surface area contributed by atoms with Gasteiger partial charge in [-0.15, -0.1) is 0 Å². The summed E-state index contributed by atoms with van der Waals surface area (Å²) < 4.78 is 6.94. The fourth-order valence-electron chi connectivity index (χ4n) is 6.92. The third-order valence-corrected chi connectivity index (χ3v) is 9.28. The number of furan rings is 1. The molecule has 2 nitrogen and oxygen atoms in total. The highest BCUT2D eigenvalue weighted by atomic mass is 16.3. The van der Waals surface area contributed by atoms with E-state index in [1.165, 1.54) is 27.6 Å². The van der Waals surface area contributed by atoms with Crippen LogP contribution in [0.4, 0.5) is 17.1 Å². The molecule has 0 aliphatic rings. The Morgan fingerprint density at radius 1 is 0.312 bits per heavy atom. The standard InChI is InChI=1S/C46H31NO/c1-4-12-32(13-5-1)34-20-25-38(26-21-34)47(39-27-22-35(23-28-39)33-14-6-2-7-15-33)43-31-30-42-41-29-24-36-16-10-11-19-40(36)45(41)48-46(42)44(43)37-17-8-3-9-18-37/h1-31H. The van der Waals surface area contributed by atoms with Gasteiger partial charge >= 0.3 is 0 Å². The number of rotatable bonds is 6. The van der Waals surface area contributed by atoms with E-state index < -0.39 is 0 Å². The van der Waals surface area contributed by atoms with Crippen LogP contribution < -0.4 is 4.90 Å². The van der Waals surface area contributed by atoms with Gasteiger partial charge in [0.15, 0.2) is 0 Å². The van der Waals surface area contributed by atoms with Crippen molar-refractivity contribution in [3.63, 3.8) is 0 Å². The number of anilines is 3. The van der Waals surface area contributed by atoms with E-state index in [0.717, 1.165) is 55.5 Å². The Morgan fingerprint density at radius 3 is 1.35 bits per heavy atom. The molecular weight excluding hydrogens is 583 g/mol. The molecule has 8 aromatic carbocycles. The van der Waals surface area contributed by atoms with Crippen molar-refractivity contribution >= 4 is 49.8 Å². The predicted molar refractivity (Wildman–Crippen MR) is 202 cm³/mol. The smallest absolute Gasteiger partial charge is 0.145 e. The molecule has 0 spiro atoms. The molecule has 9 aromatic rings. The van der Waals surface area contributed by atoms with Crippen LogP contribution in [0, 0.1) is 0 Å². The first-order chi connectivity index (χ1) is 23.8. The maximum Gasteiger partial charge on any atom is 0.145 e. The molecule has 0 amide bonds. The van der Waals surface area contributed by atoms with Crippen molar-refractivity contribution in [2.24, 2.45) is 0 Å². The predicted octanol–water partition coefficient (Wildman–Crippen LogP) is 13.2. The summed E-state index contributed by atoms with van der Waals surface area (Å²) in [6.45, 7) is 0. The highest BCUT2D eigenvalue weighted by Gasteiger charge is 2.23. The molecule has 0 unspecified atom stereocenters. The summed E-state index contributed by atoms with van der Waals surface area (Å²) in [5, 5.41) is 4.52. The van der Waals surface area contributed by atoms with E-state index in [9.17, 15) is 0 Å². The summed E-state index contributed by atoms with van der Waals surface area (Å²) in [4.78, 5) is 2.36. The van der Waals surface area contributed by atoms with Crippen LogP contribution in [0.3, 0.4) is 0 Å². The largest absolute Gasteiger partial charge is 0.455 e. The van der Waals surface area contributed by atoms with Gasteiger partial charge in [-0.25, -0.2) is 0 Å². The maximum absolute atomic E-state index is 6.94. The lowest BCUT2D eigenvalue weighted by atomic mass is 9.97. The fourth-order valence-corrected chi connectivity index (χ4v) is 6.92. The van der Waals surface area contributed by atoms with Crippen LogP contribution in [-0.2, 0) is 0 Å². The van der Waals surface area contributed by atoms with Gasteiger partial charge in [-0.2, -0.15) is 0 Å². The molecule has 2 heteroatoms. The Kier molecular flexibility index (Phi) is 6.84. The van der Waals surface area contributed by atoms with Crippen LogP contribution >= 0.6 is 0 Å². The molecule has 0 aliphatic carbocycles. The van der Waals surface area contributed by atoms with Gasteiger partial charge < -0.3 is 9.32 Å². The minimum Gasteiger partial charge on any atom is -0.455 e. The molecule has 1 aromatic heterocycles. The van der Waals surface area contributed by atoms with Gasteiger partial charge in [0.1, 0.15) is 11.2 Å². The Balaban J connectivity index is 1.29. The Hall–Kier alpha value is -6.38. The second kappa shape index (κ2) is 11.8. The van der Waals surface area contributed by atoms with Crippen LogP contribution in [0.1, 0.15) is 0 Å². The number of benzene rings is 8. The van der Waals surface area contributed by atoms with Crippen molar-refractivity contribution < 1.29 is 4.42 Å². The highest BCUT2D eigenvalue weighted by molar-refractivity contribution is 6.19. The topological polar surface area (TPSA) is 16.4 Å². The minimum atomic E-state index is 0.886. The average Bonchev–Trinajstić information content (AvgIpc) is 3.56. The highest BCUT2D eigenvalue weighted by Crippen LogP contribution is 2.47. The van der Waals surface area contributed by atoms with E-state index in [1.54, 1.807) is 0 Å². The molecule has 48 heavy (non-hydrogen) atoms. The summed E-state index contributed by atoms with van der Waals surface area (Å²) in [5.41, 5.74) is 11.9. The summed E-state index contributed by atoms with van der Waals surface area (Å²) >= 11 is 0. The first kappa shape index (κ1) is 27.9. The molecule has 226 valence electrons. The summed E-state index contributed by atoms with van der Waals surface area (Å²) in [6, 6.07) is 66.8. The van der Waals surface area contributed by atoms with Crippen molar-refractivity contribution in [2.45, 2.75) is 0 Å². The number of fused-ring (bicyclic) bond motifs is 5. The SMILES string of the molecule is c1ccc(-c2ccc(N(c3ccc(-c4ccccc4)cc3)c3ccc4c(oc5c6ccccc6ccc45)c3-c3ccccc3)cc2)cc1. The quantitative estimate of drug-likeness (QED) is 0.185. The number of hydrogen-bond donors (Lipinski definition) is 0. The lowest BCUT2D eigenvalue weighted by molar-refractivity contribution is 0.674. The van der Waals surface area contributed by atoms with Gasteiger partial charge in [0.05, 0.1) is 5.69 Å². The van der Waals surface area contributed by atoms with Gasteiger partial charge in [0.2, 0.25) is 0 Å². The zero-order valence-electron chi connectivity index (χ0n) is 26.3. The Morgan fingerprint density at radius 2 is 0.771 bits per heavy atom. The first-order valence-electron chi connectivity index (χ1n) is 16.4. The van der Waals surface area contributed by atoms with Crippen LogP contribution in [-0.4, -0.2) is 0 Å². The van der Waals surface area contributed by atoms with Gasteiger partial charge in [-0.1, -0.05) is 146 Å². The number of hydrogen-bond acceptors (Lipinski definition) is 2. The van der Waals surface area contributed by atoms with Gasteiger partial charge in [-0.3, -0.25) is 0 Å². The summed E-state index contributed by atoms with van der Waals surface area (Å²) in [7, 11) is 0. The third-order valence-electron chi connectivity index (χ3n) is 9.28. The maximum atomic E-state index is 6.94. The second-order valence-electron chi connectivity index (χ2n) is 12.1. The van der Waals surface area contributed by atoms with Gasteiger partial charge in [-0.05, 0) is 75.7 Å². The molecule has 1 heterocycles. The van der Waals surface area contributed by atoms with Crippen molar-refractivity contribution in [3.8, 4) is 33.4 Å². The third kappa shape index (κ3) is 4.83. The minimum absolute atomic E-state index is 0.886. The van der Waals surface area contributed by atoms with Crippen LogP contribution in [0.2, 0.25) is 0 Å². The van der Waals surface area contributed by atoms with Gasteiger partial charge in [0.25, 0.3) is 0 Å². The van der Waals surface area contributed by atoms with Crippen LogP contribution in [0.15, 0.2) is 192 Å². The summed E-state index contributed by atoms with van der Waals surface area (Å²) in [5.74, 6) is 0. The van der Waals surface area contributed by atoms with Crippen LogP contribution in [0.5, 0.6) is 0 Å². The Bertz CT molecular complexity index is 2430. The monoisotopic (exact) mass is 613 g/mol. The zero-order valence-corrected chi connectivity index (χ0v) is 26.3. The number of nitrogens with zero attached hydrogens (tertiary/aromatic N) is 1. The molecule has 0 N–H and O–H groups in total. The molecule has 0 aliphatic heterocycles. The zero-order chi connectivity index (χ0) is 31.9. The van der Waals surface area contributed by atoms with Crippen molar-refractivity contribution in [2.75, 3.05) is 4.90 Å². The molecular formula is C46H31NO. The first-order valence-corrected chi connectivity index (χ1v) is 16.4. The van der Waals surface area contributed by atoms with E-state index in [-0.39, 0.29) is 0 Å². The average molecular weight is 614 g/mol. The Labute approximate surface area is 279 Å². The summed E-state index contributed by atoms with van der Waals surface area (Å²) in [6.07, 6.45) is 0. The van der Waals surface area contributed by atoms with E-state index >= 15 is 0 Å². The van der Waals surface area contributed by atoms with E-state index in [0.29, 0.717) is 0 Å². The molecule has 0 saturated heterocycles. The van der Waals surface area contributed by atoms with Crippen molar-refractivity contribution in [1.29, 1.82) is 0 Å². The molecule has 0 saturated carbocycles. The molecule has 0 bridgehead atoms. The fraction of sp³-hybridized carbons (Fsp3) is 0. The molecule has 9 rings (SSSR count). The van der Waals surface area contributed by atoms with Crippen molar-refractivity contribution in [1.82, 2.24) is 0 Å². The van der Waals surface area contributed by atoms with Crippen LogP contribution in [0.25, 0.3) is 66.1 Å². The van der Waals surface area contributed by atoms with Gasteiger partial charge in [0, 0.05) is 33.1 Å². The van der Waals surface area contributed by atoms with E-state index in [2.05, 4.69) is 193 Å². The molecule has 0 radical (unpaired) electrons. The molecule has 0 atom stereocenters.